The van der Waals surface area contributed by atoms with Gasteiger partial charge >= 0.3 is 5.69 Å². The number of rotatable bonds is 7. The Morgan fingerprint density at radius 2 is 1.73 bits per heavy atom. The number of nitro groups is 1. The fraction of sp³-hybridized carbons (Fsp3) is 0.304. The highest BCUT2D eigenvalue weighted by atomic mass is 16.6. The molecule has 3 aromatic rings. The summed E-state index contributed by atoms with van der Waals surface area (Å²) < 4.78 is 1.62. The highest BCUT2D eigenvalue weighted by Crippen LogP contribution is 2.23. The summed E-state index contributed by atoms with van der Waals surface area (Å²) in [4.78, 5) is 23.5. The van der Waals surface area contributed by atoms with Gasteiger partial charge in [0, 0.05) is 5.56 Å². The van der Waals surface area contributed by atoms with E-state index in [1.54, 1.807) is 30.7 Å². The predicted octanol–water partition coefficient (Wildman–Crippen LogP) is 4.65. The second-order valence-corrected chi connectivity index (χ2v) is 7.48. The molecule has 1 atom stereocenters. The van der Waals surface area contributed by atoms with Crippen molar-refractivity contribution in [2.45, 2.75) is 46.7 Å². The average molecular weight is 406 g/mol. The van der Waals surface area contributed by atoms with Crippen LogP contribution >= 0.6 is 0 Å². The normalized spacial score (nSPS) is 11.9. The number of aromatic nitrogens is 2. The molecule has 1 aromatic heterocycles. The number of hydrogen-bond acceptors (Lipinski definition) is 4. The molecule has 156 valence electrons. The van der Waals surface area contributed by atoms with Gasteiger partial charge < -0.3 is 5.32 Å². The number of hydrogen-bond donors (Lipinski definition) is 1. The van der Waals surface area contributed by atoms with Crippen LogP contribution in [0.1, 0.15) is 57.8 Å². The lowest BCUT2D eigenvalue weighted by atomic mass is 10.0. The van der Waals surface area contributed by atoms with Gasteiger partial charge in [-0.05, 0) is 50.5 Å². The third-order valence-electron chi connectivity index (χ3n) is 5.27. The quantitative estimate of drug-likeness (QED) is 0.457. The van der Waals surface area contributed by atoms with Crippen LogP contribution in [0.25, 0.3) is 0 Å². The van der Waals surface area contributed by atoms with Crippen molar-refractivity contribution in [3.8, 4) is 0 Å². The number of amides is 1. The van der Waals surface area contributed by atoms with Crippen LogP contribution in [0.4, 0.5) is 5.69 Å². The Bertz CT molecular complexity index is 1050. The van der Waals surface area contributed by atoms with Gasteiger partial charge in [-0.3, -0.25) is 19.6 Å². The van der Waals surface area contributed by atoms with Gasteiger partial charge in [-0.25, -0.2) is 0 Å². The summed E-state index contributed by atoms with van der Waals surface area (Å²) in [6.07, 6.45) is 0.795. The Morgan fingerprint density at radius 1 is 1.10 bits per heavy atom. The first-order valence-corrected chi connectivity index (χ1v) is 9.95. The number of carbonyl (C=O) groups is 1. The molecule has 0 fully saturated rings. The molecule has 0 saturated heterocycles. The summed E-state index contributed by atoms with van der Waals surface area (Å²) in [6, 6.07) is 15.4. The first kappa shape index (κ1) is 21.2. The van der Waals surface area contributed by atoms with Gasteiger partial charge in [0.2, 0.25) is 0 Å². The molecule has 7 heteroatoms. The Morgan fingerprint density at radius 3 is 2.27 bits per heavy atom. The predicted molar refractivity (Wildman–Crippen MR) is 116 cm³/mol. The minimum absolute atomic E-state index is 0.0481. The Balaban J connectivity index is 1.70. The number of aryl methyl sites for hydroxylation is 2. The molecular formula is C23H26N4O3. The summed E-state index contributed by atoms with van der Waals surface area (Å²) in [7, 11) is 0. The Hall–Kier alpha value is -3.48. The van der Waals surface area contributed by atoms with Gasteiger partial charge in [-0.15, -0.1) is 0 Å². The van der Waals surface area contributed by atoms with E-state index in [0.717, 1.165) is 17.5 Å². The molecule has 7 nitrogen and oxygen atoms in total. The van der Waals surface area contributed by atoms with Gasteiger partial charge in [0.05, 0.1) is 17.5 Å². The van der Waals surface area contributed by atoms with Crippen molar-refractivity contribution in [3.63, 3.8) is 0 Å². The number of carbonyl (C=O) groups excluding carboxylic acids is 1. The van der Waals surface area contributed by atoms with Crippen molar-refractivity contribution in [3.05, 3.63) is 92.3 Å². The lowest BCUT2D eigenvalue weighted by Crippen LogP contribution is -2.28. The Labute approximate surface area is 175 Å². The summed E-state index contributed by atoms with van der Waals surface area (Å²) in [5.41, 5.74) is 4.72. The lowest BCUT2D eigenvalue weighted by molar-refractivity contribution is -0.386. The third-order valence-corrected chi connectivity index (χ3v) is 5.27. The van der Waals surface area contributed by atoms with Crippen molar-refractivity contribution in [2.75, 3.05) is 0 Å². The first-order valence-electron chi connectivity index (χ1n) is 9.95. The topological polar surface area (TPSA) is 90.1 Å². The zero-order valence-electron chi connectivity index (χ0n) is 17.7. The van der Waals surface area contributed by atoms with Crippen LogP contribution in [0.5, 0.6) is 0 Å². The molecule has 1 N–H and O–H groups in total. The van der Waals surface area contributed by atoms with Crippen molar-refractivity contribution >= 4 is 11.6 Å². The fourth-order valence-corrected chi connectivity index (χ4v) is 3.50. The van der Waals surface area contributed by atoms with E-state index in [2.05, 4.69) is 10.4 Å². The van der Waals surface area contributed by atoms with Crippen LogP contribution in [-0.4, -0.2) is 20.6 Å². The zero-order valence-corrected chi connectivity index (χ0v) is 17.7. The highest BCUT2D eigenvalue weighted by molar-refractivity contribution is 5.94. The van der Waals surface area contributed by atoms with E-state index in [9.17, 15) is 14.9 Å². The molecule has 1 amide bonds. The number of nitrogens with zero attached hydrogens (tertiary/aromatic N) is 3. The first-order chi connectivity index (χ1) is 14.3. The van der Waals surface area contributed by atoms with E-state index < -0.39 is 4.92 Å². The molecule has 0 saturated carbocycles. The largest absolute Gasteiger partial charge is 0.345 e. The van der Waals surface area contributed by atoms with Crippen LogP contribution in [0, 0.1) is 30.9 Å². The average Bonchev–Trinajstić information content (AvgIpc) is 3.00. The molecule has 0 bridgehead atoms. The lowest BCUT2D eigenvalue weighted by Gasteiger charge is -2.18. The monoisotopic (exact) mass is 406 g/mol. The summed E-state index contributed by atoms with van der Waals surface area (Å²) in [5.74, 6) is -0.129. The van der Waals surface area contributed by atoms with E-state index in [1.165, 1.54) is 5.56 Å². The maximum Gasteiger partial charge on any atom is 0.312 e. The molecule has 0 aliphatic heterocycles. The molecule has 30 heavy (non-hydrogen) atoms. The van der Waals surface area contributed by atoms with Gasteiger partial charge in [0.25, 0.3) is 5.91 Å². The molecule has 0 radical (unpaired) electrons. The van der Waals surface area contributed by atoms with Crippen molar-refractivity contribution in [1.82, 2.24) is 15.1 Å². The second kappa shape index (κ2) is 8.90. The maximum atomic E-state index is 12.7. The van der Waals surface area contributed by atoms with Crippen molar-refractivity contribution in [1.29, 1.82) is 0 Å². The van der Waals surface area contributed by atoms with Crippen molar-refractivity contribution in [2.24, 2.45) is 0 Å². The smallest absolute Gasteiger partial charge is 0.312 e. The molecule has 0 unspecified atom stereocenters. The molecule has 0 aliphatic rings. The highest BCUT2D eigenvalue weighted by Gasteiger charge is 2.21. The fourth-order valence-electron chi connectivity index (χ4n) is 3.50. The molecule has 0 aliphatic carbocycles. The van der Waals surface area contributed by atoms with E-state index >= 15 is 0 Å². The second-order valence-electron chi connectivity index (χ2n) is 7.48. The van der Waals surface area contributed by atoms with E-state index in [0.29, 0.717) is 23.5 Å². The van der Waals surface area contributed by atoms with Crippen LogP contribution in [0.3, 0.4) is 0 Å². The van der Waals surface area contributed by atoms with Crippen LogP contribution in [0.2, 0.25) is 0 Å². The maximum absolute atomic E-state index is 12.7. The van der Waals surface area contributed by atoms with Gasteiger partial charge in [0.15, 0.2) is 0 Å². The molecule has 3 rings (SSSR count). The van der Waals surface area contributed by atoms with Crippen LogP contribution in [0.15, 0.2) is 48.5 Å². The van der Waals surface area contributed by atoms with E-state index in [1.807, 2.05) is 50.2 Å². The minimum atomic E-state index is -0.403. The molecule has 0 spiro atoms. The molecular weight excluding hydrogens is 380 g/mol. The van der Waals surface area contributed by atoms with E-state index in [-0.39, 0.29) is 17.6 Å². The van der Waals surface area contributed by atoms with Crippen molar-refractivity contribution < 1.29 is 9.72 Å². The van der Waals surface area contributed by atoms with Gasteiger partial charge in [-0.1, -0.05) is 48.9 Å². The molecule has 1 heterocycles. The third kappa shape index (κ3) is 4.56. The SMILES string of the molecule is CC[C@@H](NC(=O)c1ccc(Cn2nc(C)c([N+](=O)[O-])c2C)cc1)c1ccc(C)cc1. The standard InChI is InChI=1S/C23H26N4O3/c1-5-21(19-10-6-15(2)7-11-19)24-23(28)20-12-8-18(9-13-20)14-26-17(4)22(27(29)30)16(3)25-26/h6-13,21H,5,14H2,1-4H3,(H,24,28)/t21-/m1/s1. The van der Waals surface area contributed by atoms with E-state index in [4.69, 9.17) is 0 Å². The van der Waals surface area contributed by atoms with Crippen LogP contribution in [-0.2, 0) is 6.54 Å². The Kier molecular flexibility index (Phi) is 6.30. The summed E-state index contributed by atoms with van der Waals surface area (Å²) >= 11 is 0. The van der Waals surface area contributed by atoms with Gasteiger partial charge in [0.1, 0.15) is 11.4 Å². The number of nitrogens with one attached hydrogen (secondary N) is 1. The minimum Gasteiger partial charge on any atom is -0.345 e. The molecule has 2 aromatic carbocycles. The summed E-state index contributed by atoms with van der Waals surface area (Å²) in [6.45, 7) is 7.81. The van der Waals surface area contributed by atoms with Gasteiger partial charge in [-0.2, -0.15) is 5.10 Å². The number of benzene rings is 2. The van der Waals surface area contributed by atoms with Crippen LogP contribution < -0.4 is 5.32 Å². The summed E-state index contributed by atoms with van der Waals surface area (Å²) in [5, 5.41) is 18.5. The zero-order chi connectivity index (χ0) is 21.8.